The third kappa shape index (κ3) is 4.57. The molecule has 0 saturated carbocycles. The molecule has 6 nitrogen and oxygen atoms in total. The topological polar surface area (TPSA) is 87.7 Å². The lowest BCUT2D eigenvalue weighted by molar-refractivity contribution is -0.132. The zero-order valence-corrected chi connectivity index (χ0v) is 19.1. The summed E-state index contributed by atoms with van der Waals surface area (Å²) >= 11 is 0. The van der Waals surface area contributed by atoms with Crippen LogP contribution in [-0.4, -0.2) is 29.6 Å². The van der Waals surface area contributed by atoms with Gasteiger partial charge in [-0.05, 0) is 71.6 Å². The third-order valence-corrected chi connectivity index (χ3v) is 6.61. The summed E-state index contributed by atoms with van der Waals surface area (Å²) in [4.78, 5) is 23.3. The number of aliphatic hydroxyl groups excluding tert-OH is 1. The highest BCUT2D eigenvalue weighted by Crippen LogP contribution is 2.37. The first kappa shape index (κ1) is 22.5. The van der Waals surface area contributed by atoms with Gasteiger partial charge in [0.05, 0.1) is 11.8 Å². The summed E-state index contributed by atoms with van der Waals surface area (Å²) < 4.78 is 5.26. The van der Waals surface area contributed by atoms with Crippen molar-refractivity contribution < 1.29 is 19.4 Å². The van der Waals surface area contributed by atoms with Crippen LogP contribution in [0.25, 0.3) is 0 Å². The number of carbonyl (C=O) groups excluding carboxylic acids is 2. The summed E-state index contributed by atoms with van der Waals surface area (Å²) in [5.41, 5.74) is 7.81. The molecule has 1 aliphatic carbocycles. The maximum atomic E-state index is 11.9. The molecule has 0 bridgehead atoms. The minimum absolute atomic E-state index is 0.114. The maximum Gasteiger partial charge on any atom is 0.308 e. The Labute approximate surface area is 189 Å². The molecule has 0 fully saturated rings. The van der Waals surface area contributed by atoms with Gasteiger partial charge in [-0.15, -0.1) is 0 Å². The Hall–Kier alpha value is -2.70. The van der Waals surface area contributed by atoms with E-state index >= 15 is 0 Å². The Morgan fingerprint density at radius 1 is 1.16 bits per heavy atom. The fourth-order valence-corrected chi connectivity index (χ4v) is 5.01. The van der Waals surface area contributed by atoms with E-state index in [9.17, 15) is 14.7 Å². The van der Waals surface area contributed by atoms with E-state index in [1.54, 1.807) is 12.1 Å². The van der Waals surface area contributed by atoms with Gasteiger partial charge >= 0.3 is 5.97 Å². The minimum Gasteiger partial charge on any atom is -0.424 e. The van der Waals surface area contributed by atoms with E-state index in [4.69, 9.17) is 4.74 Å². The number of nitrogens with one attached hydrogen (secondary N) is 2. The second-order valence-electron chi connectivity index (χ2n) is 8.77. The van der Waals surface area contributed by atoms with Crippen LogP contribution in [0.15, 0.2) is 24.3 Å². The van der Waals surface area contributed by atoms with Crippen LogP contribution in [0.1, 0.15) is 66.7 Å². The molecule has 2 aliphatic rings. The highest BCUT2D eigenvalue weighted by atomic mass is 16.5. The first-order valence-electron chi connectivity index (χ1n) is 11.6. The van der Waals surface area contributed by atoms with Gasteiger partial charge in [-0.1, -0.05) is 32.0 Å². The average molecular weight is 437 g/mol. The number of benzene rings is 2. The third-order valence-electron chi connectivity index (χ3n) is 6.61. The average Bonchev–Trinajstić information content (AvgIpc) is 3.18. The van der Waals surface area contributed by atoms with E-state index < -0.39 is 12.1 Å². The molecule has 1 unspecified atom stereocenters. The number of rotatable bonds is 7. The first-order valence-corrected chi connectivity index (χ1v) is 11.6. The van der Waals surface area contributed by atoms with E-state index in [0.29, 0.717) is 36.9 Å². The van der Waals surface area contributed by atoms with Crippen LogP contribution < -0.4 is 15.4 Å². The molecule has 0 aromatic heterocycles. The van der Waals surface area contributed by atoms with Crippen LogP contribution in [0.5, 0.6) is 5.75 Å². The largest absolute Gasteiger partial charge is 0.424 e. The van der Waals surface area contributed by atoms with Gasteiger partial charge in [0, 0.05) is 25.9 Å². The molecule has 2 aromatic rings. The highest BCUT2D eigenvalue weighted by molar-refractivity contribution is 5.96. The van der Waals surface area contributed by atoms with Crippen molar-refractivity contribution in [3.63, 3.8) is 0 Å². The molecule has 0 saturated heterocycles. The molecule has 1 aliphatic heterocycles. The minimum atomic E-state index is -0.716. The van der Waals surface area contributed by atoms with Crippen LogP contribution in [0, 0.1) is 0 Å². The molecule has 170 valence electrons. The van der Waals surface area contributed by atoms with Crippen molar-refractivity contribution in [1.29, 1.82) is 0 Å². The Bertz CT molecular complexity index is 1010. The lowest BCUT2D eigenvalue weighted by atomic mass is 9.93. The van der Waals surface area contributed by atoms with Gasteiger partial charge in [0.15, 0.2) is 5.75 Å². The Morgan fingerprint density at radius 2 is 1.81 bits per heavy atom. The molecule has 1 heterocycles. The molecule has 3 N–H and O–H groups in total. The van der Waals surface area contributed by atoms with Crippen molar-refractivity contribution >= 4 is 17.6 Å². The summed E-state index contributed by atoms with van der Waals surface area (Å²) in [5, 5.41) is 17.3. The second kappa shape index (κ2) is 9.43. The summed E-state index contributed by atoms with van der Waals surface area (Å²) in [7, 11) is 0. The number of aryl methyl sites for hydroxylation is 2. The fourth-order valence-electron chi connectivity index (χ4n) is 5.01. The van der Waals surface area contributed by atoms with Gasteiger partial charge in [-0.2, -0.15) is 0 Å². The summed E-state index contributed by atoms with van der Waals surface area (Å²) in [6.07, 6.45) is 4.19. The number of aliphatic hydroxyl groups is 1. The van der Waals surface area contributed by atoms with Crippen molar-refractivity contribution in [1.82, 2.24) is 5.32 Å². The van der Waals surface area contributed by atoms with Crippen molar-refractivity contribution in [3.8, 4) is 5.75 Å². The van der Waals surface area contributed by atoms with Crippen LogP contribution in [0.3, 0.4) is 0 Å². The van der Waals surface area contributed by atoms with Crippen LogP contribution >= 0.6 is 0 Å². The molecule has 0 spiro atoms. The fraction of sp³-hybridized carbons (Fsp3) is 0.462. The summed E-state index contributed by atoms with van der Waals surface area (Å²) in [6, 6.07) is 8.46. The SMILES string of the molecule is CCc1cc2c(cc1CC)CC(NCC(O)c1ccc(OC(C)=O)c3c1CCC(=O)N3)C2. The van der Waals surface area contributed by atoms with Crippen LogP contribution in [0.2, 0.25) is 0 Å². The number of esters is 1. The lowest BCUT2D eigenvalue weighted by Gasteiger charge is -2.25. The van der Waals surface area contributed by atoms with Gasteiger partial charge in [0.1, 0.15) is 0 Å². The van der Waals surface area contributed by atoms with Crippen molar-refractivity contribution in [2.45, 2.75) is 71.4 Å². The molecule has 6 heteroatoms. The molecular weight excluding hydrogens is 404 g/mol. The number of fused-ring (bicyclic) bond motifs is 2. The monoisotopic (exact) mass is 436 g/mol. The van der Waals surface area contributed by atoms with Gasteiger partial charge in [-0.3, -0.25) is 9.59 Å². The standard InChI is InChI=1S/C26H32N2O4/c1-4-16-10-18-12-20(13-19(18)11-17(16)5-2)27-14-23(30)21-6-8-24(32-15(3)29)26-22(21)7-9-25(31)28-26/h6,8,10-11,20,23,27,30H,4-5,7,9,12-14H2,1-3H3,(H,28,31). The van der Waals surface area contributed by atoms with Crippen molar-refractivity contribution in [3.05, 3.63) is 57.6 Å². The molecule has 1 amide bonds. The predicted octanol–water partition coefficient (Wildman–Crippen LogP) is 3.41. The Kier molecular flexibility index (Phi) is 6.63. The predicted molar refractivity (Wildman–Crippen MR) is 124 cm³/mol. The van der Waals surface area contributed by atoms with E-state index in [0.717, 1.165) is 36.8 Å². The van der Waals surface area contributed by atoms with E-state index in [1.807, 2.05) is 0 Å². The normalized spacial score (nSPS) is 16.3. The van der Waals surface area contributed by atoms with Gasteiger partial charge in [-0.25, -0.2) is 0 Å². The van der Waals surface area contributed by atoms with Crippen LogP contribution in [-0.2, 0) is 41.7 Å². The number of ether oxygens (including phenoxy) is 1. The number of amides is 1. The van der Waals surface area contributed by atoms with Crippen molar-refractivity contribution in [2.24, 2.45) is 0 Å². The molecule has 1 atom stereocenters. The van der Waals surface area contributed by atoms with Gasteiger partial charge in [0.25, 0.3) is 0 Å². The zero-order chi connectivity index (χ0) is 22.8. The lowest BCUT2D eigenvalue weighted by Crippen LogP contribution is -2.33. The number of hydrogen-bond acceptors (Lipinski definition) is 5. The summed E-state index contributed by atoms with van der Waals surface area (Å²) in [5.74, 6) is -0.230. The molecule has 2 aromatic carbocycles. The van der Waals surface area contributed by atoms with Gasteiger partial charge < -0.3 is 20.5 Å². The van der Waals surface area contributed by atoms with E-state index in [2.05, 4.69) is 36.6 Å². The summed E-state index contributed by atoms with van der Waals surface area (Å²) in [6.45, 7) is 6.17. The Morgan fingerprint density at radius 3 is 2.41 bits per heavy atom. The van der Waals surface area contributed by atoms with Crippen LogP contribution in [0.4, 0.5) is 5.69 Å². The molecule has 4 rings (SSSR count). The van der Waals surface area contributed by atoms with E-state index in [-0.39, 0.29) is 5.91 Å². The first-order chi connectivity index (χ1) is 15.4. The number of carbonyl (C=O) groups is 2. The zero-order valence-electron chi connectivity index (χ0n) is 19.1. The van der Waals surface area contributed by atoms with Gasteiger partial charge in [0.2, 0.25) is 5.91 Å². The maximum absolute atomic E-state index is 11.9. The smallest absolute Gasteiger partial charge is 0.308 e. The van der Waals surface area contributed by atoms with E-state index in [1.165, 1.54) is 29.2 Å². The second-order valence-corrected chi connectivity index (χ2v) is 8.77. The molecular formula is C26H32N2O4. The molecule has 32 heavy (non-hydrogen) atoms. The van der Waals surface area contributed by atoms with Crippen molar-refractivity contribution in [2.75, 3.05) is 11.9 Å². The number of hydrogen-bond donors (Lipinski definition) is 3. The Balaban J connectivity index is 1.46. The highest BCUT2D eigenvalue weighted by Gasteiger charge is 2.27. The quantitative estimate of drug-likeness (QED) is 0.457. The molecule has 0 radical (unpaired) electrons. The number of anilines is 1.